The molecule has 0 unspecified atom stereocenters. The summed E-state index contributed by atoms with van der Waals surface area (Å²) in [6.45, 7) is 6.08. The summed E-state index contributed by atoms with van der Waals surface area (Å²) in [5, 5.41) is 10.1. The van der Waals surface area contributed by atoms with Crippen LogP contribution in [0.15, 0.2) is 35.9 Å². The van der Waals surface area contributed by atoms with Crippen molar-refractivity contribution < 1.29 is 14.3 Å². The smallest absolute Gasteiger partial charge is 0.233 e. The Kier molecular flexibility index (Phi) is 5.28. The Morgan fingerprint density at radius 3 is 2.47 bits per heavy atom. The average Bonchev–Trinajstić information content (AvgIpc) is 3.13. The molecule has 158 valence electrons. The summed E-state index contributed by atoms with van der Waals surface area (Å²) < 4.78 is 5.58. The number of halogens is 1. The largest absolute Gasteiger partial charge is 0.381 e. The van der Waals surface area contributed by atoms with Crippen LogP contribution >= 0.6 is 11.6 Å². The third-order valence-corrected chi connectivity index (χ3v) is 7.30. The van der Waals surface area contributed by atoms with Gasteiger partial charge in [0.15, 0.2) is 5.78 Å². The number of benzene rings is 1. The zero-order valence-electron chi connectivity index (χ0n) is 17.5. The number of amides is 1. The lowest BCUT2D eigenvalue weighted by molar-refractivity contribution is -0.140. The van der Waals surface area contributed by atoms with Crippen LogP contribution in [0.5, 0.6) is 0 Å². The molecule has 1 aliphatic carbocycles. The lowest BCUT2D eigenvalue weighted by Gasteiger charge is -2.41. The second-order valence-corrected chi connectivity index (χ2v) is 10.0. The highest BCUT2D eigenvalue weighted by Crippen LogP contribution is 2.49. The number of likely N-dealkylation sites (tertiary alicyclic amines) is 1. The Hall–Kier alpha value is -2.16. The van der Waals surface area contributed by atoms with Crippen LogP contribution in [-0.2, 0) is 19.7 Å². The first-order valence-corrected chi connectivity index (χ1v) is 10.9. The molecule has 0 saturated carbocycles. The molecule has 1 amide bonds. The first-order chi connectivity index (χ1) is 14.2. The SMILES string of the molecule is CC1(C)C[C@@]2(C=C(C#N)C1=O)CCN(C(=O)C1(c3ccc(Cl)cc3)CCOCC1)C2. The molecule has 5 nitrogen and oxygen atoms in total. The molecule has 30 heavy (non-hydrogen) atoms. The highest BCUT2D eigenvalue weighted by atomic mass is 35.5. The van der Waals surface area contributed by atoms with Gasteiger partial charge in [0, 0.05) is 42.2 Å². The first-order valence-electron chi connectivity index (χ1n) is 10.5. The average molecular weight is 427 g/mol. The van der Waals surface area contributed by atoms with Gasteiger partial charge < -0.3 is 9.64 Å². The van der Waals surface area contributed by atoms with E-state index in [4.69, 9.17) is 16.3 Å². The number of nitrogens with zero attached hydrogens (tertiary/aromatic N) is 2. The van der Waals surface area contributed by atoms with Crippen LogP contribution < -0.4 is 0 Å². The molecule has 0 bridgehead atoms. The second-order valence-electron chi connectivity index (χ2n) is 9.60. The molecule has 2 aliphatic heterocycles. The van der Waals surface area contributed by atoms with Crippen LogP contribution in [-0.4, -0.2) is 42.9 Å². The Morgan fingerprint density at radius 2 is 1.83 bits per heavy atom. The van der Waals surface area contributed by atoms with Crippen molar-refractivity contribution >= 4 is 23.3 Å². The lowest BCUT2D eigenvalue weighted by atomic mass is 9.64. The number of rotatable bonds is 2. The fourth-order valence-electron chi connectivity index (χ4n) is 5.58. The predicted molar refractivity (Wildman–Crippen MR) is 114 cm³/mol. The van der Waals surface area contributed by atoms with Gasteiger partial charge in [-0.1, -0.05) is 43.7 Å². The summed E-state index contributed by atoms with van der Waals surface area (Å²) in [5.41, 5.74) is -0.306. The Bertz CT molecular complexity index is 938. The summed E-state index contributed by atoms with van der Waals surface area (Å²) in [5.74, 6) is 0.0223. The van der Waals surface area contributed by atoms with E-state index >= 15 is 0 Å². The van der Waals surface area contributed by atoms with Gasteiger partial charge in [-0.3, -0.25) is 9.59 Å². The fraction of sp³-hybridized carbons (Fsp3) is 0.542. The lowest BCUT2D eigenvalue weighted by Crippen LogP contribution is -2.50. The number of Topliss-reactive ketones (excluding diaryl/α,β-unsaturated/α-hetero) is 1. The van der Waals surface area contributed by atoms with Crippen molar-refractivity contribution in [2.45, 2.75) is 44.9 Å². The molecule has 6 heteroatoms. The van der Waals surface area contributed by atoms with Crippen molar-refractivity contribution in [1.29, 1.82) is 5.26 Å². The van der Waals surface area contributed by atoms with Crippen LogP contribution in [0.2, 0.25) is 5.02 Å². The van der Waals surface area contributed by atoms with Crippen molar-refractivity contribution in [2.24, 2.45) is 10.8 Å². The molecule has 2 saturated heterocycles. The van der Waals surface area contributed by atoms with E-state index in [-0.39, 0.29) is 22.7 Å². The highest BCUT2D eigenvalue weighted by molar-refractivity contribution is 6.30. The van der Waals surface area contributed by atoms with Crippen LogP contribution in [0, 0.1) is 22.2 Å². The summed E-state index contributed by atoms with van der Waals surface area (Å²) >= 11 is 6.09. The molecule has 4 rings (SSSR count). The molecule has 1 spiro atoms. The van der Waals surface area contributed by atoms with Crippen LogP contribution in [0.25, 0.3) is 0 Å². The molecule has 2 fully saturated rings. The molecule has 0 aromatic heterocycles. The van der Waals surface area contributed by atoms with E-state index in [1.54, 1.807) is 0 Å². The van der Waals surface area contributed by atoms with Crippen LogP contribution in [0.3, 0.4) is 0 Å². The standard InChI is InChI=1S/C24H27ClN2O3/c1-22(2)15-23(13-17(14-26)20(22)28)7-10-27(16-23)21(29)24(8-11-30-12-9-24)18-3-5-19(25)6-4-18/h3-6,13H,7-12,15-16H2,1-2H3/t23-/m0/s1. The molecule has 1 atom stereocenters. The number of carbonyl (C=O) groups excluding carboxylic acids is 2. The van der Waals surface area contributed by atoms with Crippen LogP contribution in [0.1, 0.15) is 45.1 Å². The van der Waals surface area contributed by atoms with E-state index in [0.717, 1.165) is 12.0 Å². The first kappa shape index (κ1) is 21.1. The van der Waals surface area contributed by atoms with E-state index < -0.39 is 10.8 Å². The van der Waals surface area contributed by atoms with Crippen molar-refractivity contribution in [1.82, 2.24) is 4.90 Å². The number of nitriles is 1. The number of carbonyl (C=O) groups is 2. The normalized spacial score (nSPS) is 27.6. The number of hydrogen-bond acceptors (Lipinski definition) is 4. The predicted octanol–water partition coefficient (Wildman–Crippen LogP) is 4.06. The maximum absolute atomic E-state index is 13.9. The molecule has 3 aliphatic rings. The van der Waals surface area contributed by atoms with Crippen molar-refractivity contribution in [3.63, 3.8) is 0 Å². The Labute approximate surface area is 182 Å². The van der Waals surface area contributed by atoms with E-state index in [2.05, 4.69) is 6.07 Å². The van der Waals surface area contributed by atoms with E-state index in [9.17, 15) is 14.9 Å². The minimum atomic E-state index is -0.615. The van der Waals surface area contributed by atoms with Crippen molar-refractivity contribution in [3.05, 3.63) is 46.5 Å². The zero-order chi connectivity index (χ0) is 21.6. The maximum Gasteiger partial charge on any atom is 0.233 e. The monoisotopic (exact) mass is 426 g/mol. The van der Waals surface area contributed by atoms with Crippen LogP contribution in [0.4, 0.5) is 0 Å². The number of hydrogen-bond donors (Lipinski definition) is 0. The summed E-state index contributed by atoms with van der Waals surface area (Å²) in [7, 11) is 0. The number of ether oxygens (including phenoxy) is 1. The molecular weight excluding hydrogens is 400 g/mol. The summed E-state index contributed by atoms with van der Waals surface area (Å²) in [6.07, 6.45) is 4.55. The number of allylic oxidation sites excluding steroid dienone is 1. The minimum Gasteiger partial charge on any atom is -0.381 e. The van der Waals surface area contributed by atoms with Gasteiger partial charge in [0.05, 0.1) is 11.0 Å². The van der Waals surface area contributed by atoms with Gasteiger partial charge in [-0.2, -0.15) is 5.26 Å². The molecule has 0 N–H and O–H groups in total. The van der Waals surface area contributed by atoms with Gasteiger partial charge in [0.1, 0.15) is 6.07 Å². The van der Waals surface area contributed by atoms with E-state index in [0.29, 0.717) is 50.6 Å². The highest BCUT2D eigenvalue weighted by Gasteiger charge is 2.52. The van der Waals surface area contributed by atoms with Gasteiger partial charge in [-0.25, -0.2) is 0 Å². The fourth-order valence-corrected chi connectivity index (χ4v) is 5.71. The summed E-state index contributed by atoms with van der Waals surface area (Å²) in [6, 6.07) is 9.66. The van der Waals surface area contributed by atoms with E-state index in [1.165, 1.54) is 0 Å². The molecular formula is C24H27ClN2O3. The van der Waals surface area contributed by atoms with E-state index in [1.807, 2.05) is 49.1 Å². The molecule has 1 aromatic rings. The number of ketones is 1. The van der Waals surface area contributed by atoms with Gasteiger partial charge in [-0.15, -0.1) is 0 Å². The third kappa shape index (κ3) is 3.46. The summed E-state index contributed by atoms with van der Waals surface area (Å²) in [4.78, 5) is 28.4. The van der Waals surface area contributed by atoms with Crippen molar-refractivity contribution in [2.75, 3.05) is 26.3 Å². The Morgan fingerprint density at radius 1 is 1.17 bits per heavy atom. The zero-order valence-corrected chi connectivity index (χ0v) is 18.3. The van der Waals surface area contributed by atoms with Gasteiger partial charge in [0.2, 0.25) is 5.91 Å². The van der Waals surface area contributed by atoms with Crippen molar-refractivity contribution in [3.8, 4) is 6.07 Å². The molecule has 1 aromatic carbocycles. The molecule has 0 radical (unpaired) electrons. The Balaban J connectivity index is 1.65. The molecule has 2 heterocycles. The minimum absolute atomic E-state index is 0.0949. The topological polar surface area (TPSA) is 70.4 Å². The second kappa shape index (κ2) is 7.51. The maximum atomic E-state index is 13.9. The van der Waals surface area contributed by atoms with Gasteiger partial charge in [0.25, 0.3) is 0 Å². The van der Waals surface area contributed by atoms with Gasteiger partial charge >= 0.3 is 0 Å². The third-order valence-electron chi connectivity index (χ3n) is 7.05. The van der Waals surface area contributed by atoms with Gasteiger partial charge in [-0.05, 0) is 43.4 Å². The quantitative estimate of drug-likeness (QED) is 0.715.